The molecule has 1 amide bonds. The quantitative estimate of drug-likeness (QED) is 0.701. The first-order valence-corrected chi connectivity index (χ1v) is 9.15. The highest BCUT2D eigenvalue weighted by molar-refractivity contribution is 5.85. The molecule has 0 aliphatic heterocycles. The number of hydrogen-bond acceptors (Lipinski definition) is 5. The van der Waals surface area contributed by atoms with Crippen LogP contribution in [0.25, 0.3) is 0 Å². The van der Waals surface area contributed by atoms with Crippen LogP contribution in [0.15, 0.2) is 18.2 Å². The van der Waals surface area contributed by atoms with Crippen molar-refractivity contribution in [3.63, 3.8) is 0 Å². The third-order valence-electron chi connectivity index (χ3n) is 4.51. The van der Waals surface area contributed by atoms with Crippen molar-refractivity contribution in [2.24, 2.45) is 5.92 Å². The molecular formula is C20H29NO6. The number of carbonyl (C=O) groups is 2. The lowest BCUT2D eigenvalue weighted by Gasteiger charge is -2.36. The summed E-state index contributed by atoms with van der Waals surface area (Å²) >= 11 is 0. The molecule has 1 unspecified atom stereocenters. The Morgan fingerprint density at radius 3 is 2.63 bits per heavy atom. The van der Waals surface area contributed by atoms with Gasteiger partial charge in [-0.15, -0.1) is 0 Å². The molecule has 0 saturated heterocycles. The lowest BCUT2D eigenvalue weighted by molar-refractivity contribution is -0.145. The standard InChI is InChI=1S/C20H29NO6/c1-13(11-22)12-26-16-7-5-6-14-8-9-20(17(23)24,10-15(14)16)21-18(25)27-19(2,3)4/h5-7,13,22H,8-12H2,1-4H3,(H,21,25)(H,23,24)/t13?,20-/m1/s1. The average Bonchev–Trinajstić information content (AvgIpc) is 2.57. The topological polar surface area (TPSA) is 105 Å². The number of benzene rings is 1. The van der Waals surface area contributed by atoms with Crippen molar-refractivity contribution in [3.8, 4) is 5.75 Å². The summed E-state index contributed by atoms with van der Waals surface area (Å²) in [5, 5.41) is 21.6. The van der Waals surface area contributed by atoms with Gasteiger partial charge >= 0.3 is 12.1 Å². The molecule has 0 spiro atoms. The maximum absolute atomic E-state index is 12.2. The molecule has 7 nitrogen and oxygen atoms in total. The number of aryl methyl sites for hydroxylation is 1. The van der Waals surface area contributed by atoms with Gasteiger partial charge in [0.1, 0.15) is 16.9 Å². The van der Waals surface area contributed by atoms with Crippen molar-refractivity contribution in [2.45, 2.75) is 58.1 Å². The van der Waals surface area contributed by atoms with E-state index in [2.05, 4.69) is 5.32 Å². The van der Waals surface area contributed by atoms with Gasteiger partial charge in [0.2, 0.25) is 0 Å². The zero-order valence-corrected chi connectivity index (χ0v) is 16.4. The number of carboxylic acid groups (broad SMARTS) is 1. The summed E-state index contributed by atoms with van der Waals surface area (Å²) in [6.07, 6.45) is 0.135. The number of fused-ring (bicyclic) bond motifs is 1. The van der Waals surface area contributed by atoms with Crippen LogP contribution < -0.4 is 10.1 Å². The first-order valence-electron chi connectivity index (χ1n) is 9.15. The van der Waals surface area contributed by atoms with E-state index in [4.69, 9.17) is 9.47 Å². The van der Waals surface area contributed by atoms with Crippen LogP contribution in [0.1, 0.15) is 45.2 Å². The van der Waals surface area contributed by atoms with Gasteiger partial charge in [-0.2, -0.15) is 0 Å². The minimum atomic E-state index is -1.45. The van der Waals surface area contributed by atoms with E-state index in [1.807, 2.05) is 19.1 Å². The van der Waals surface area contributed by atoms with Gasteiger partial charge < -0.3 is 25.0 Å². The maximum Gasteiger partial charge on any atom is 0.408 e. The van der Waals surface area contributed by atoms with Gasteiger partial charge in [-0.1, -0.05) is 19.1 Å². The van der Waals surface area contributed by atoms with Crippen LogP contribution in [0.2, 0.25) is 0 Å². The number of nitrogens with one attached hydrogen (secondary N) is 1. The highest BCUT2D eigenvalue weighted by atomic mass is 16.6. The van der Waals surface area contributed by atoms with Gasteiger partial charge in [0, 0.05) is 24.5 Å². The zero-order chi connectivity index (χ0) is 20.2. The van der Waals surface area contributed by atoms with Crippen molar-refractivity contribution < 1.29 is 29.3 Å². The minimum absolute atomic E-state index is 0.00822. The van der Waals surface area contributed by atoms with Crippen LogP contribution in [0.4, 0.5) is 4.79 Å². The van der Waals surface area contributed by atoms with Crippen LogP contribution in [0, 0.1) is 5.92 Å². The Bertz CT molecular complexity index is 696. The Kier molecular flexibility index (Phi) is 6.36. The van der Waals surface area contributed by atoms with Gasteiger partial charge in [0.05, 0.1) is 6.61 Å². The molecule has 0 aromatic heterocycles. The Balaban J connectivity index is 2.26. The Morgan fingerprint density at radius 1 is 1.33 bits per heavy atom. The van der Waals surface area contributed by atoms with Gasteiger partial charge in [-0.3, -0.25) is 0 Å². The van der Waals surface area contributed by atoms with Crippen LogP contribution in [-0.4, -0.2) is 46.6 Å². The van der Waals surface area contributed by atoms with E-state index in [0.717, 1.165) is 11.1 Å². The number of ether oxygens (including phenoxy) is 2. The van der Waals surface area contributed by atoms with Crippen LogP contribution >= 0.6 is 0 Å². The van der Waals surface area contributed by atoms with E-state index in [1.165, 1.54) is 0 Å². The molecule has 0 saturated carbocycles. The van der Waals surface area contributed by atoms with Gasteiger partial charge in [0.25, 0.3) is 0 Å². The van der Waals surface area contributed by atoms with Crippen molar-refractivity contribution >= 4 is 12.1 Å². The average molecular weight is 379 g/mol. The molecular weight excluding hydrogens is 350 g/mol. The minimum Gasteiger partial charge on any atom is -0.493 e. The number of aliphatic hydroxyl groups excluding tert-OH is 1. The molecule has 27 heavy (non-hydrogen) atoms. The molecule has 1 aromatic carbocycles. The van der Waals surface area contributed by atoms with Gasteiger partial charge in [-0.25, -0.2) is 9.59 Å². The summed E-state index contributed by atoms with van der Waals surface area (Å²) in [6, 6.07) is 5.60. The fraction of sp³-hybridized carbons (Fsp3) is 0.600. The molecule has 0 fully saturated rings. The smallest absolute Gasteiger partial charge is 0.408 e. The van der Waals surface area contributed by atoms with Gasteiger partial charge in [-0.05, 0) is 45.2 Å². The highest BCUT2D eigenvalue weighted by Gasteiger charge is 2.44. The summed E-state index contributed by atoms with van der Waals surface area (Å²) in [6.45, 7) is 7.38. The lowest BCUT2D eigenvalue weighted by atomic mass is 9.77. The summed E-state index contributed by atoms with van der Waals surface area (Å²) < 4.78 is 11.1. The lowest BCUT2D eigenvalue weighted by Crippen LogP contribution is -2.58. The number of amides is 1. The number of aliphatic carboxylic acids is 1. The summed E-state index contributed by atoms with van der Waals surface area (Å²) in [7, 11) is 0. The first-order chi connectivity index (χ1) is 12.6. The van der Waals surface area contributed by atoms with Crippen molar-refractivity contribution in [1.29, 1.82) is 0 Å². The van der Waals surface area contributed by atoms with Crippen LogP contribution in [0.3, 0.4) is 0 Å². The number of alkyl carbamates (subject to hydrolysis) is 1. The Hall–Kier alpha value is -2.28. The van der Waals surface area contributed by atoms with E-state index in [9.17, 15) is 19.8 Å². The normalized spacial score (nSPS) is 20.3. The second-order valence-electron chi connectivity index (χ2n) is 8.18. The molecule has 1 aliphatic rings. The third kappa shape index (κ3) is 5.35. The molecule has 1 aliphatic carbocycles. The summed E-state index contributed by atoms with van der Waals surface area (Å²) in [5.74, 6) is -0.546. The maximum atomic E-state index is 12.2. The molecule has 2 atom stereocenters. The van der Waals surface area contributed by atoms with Crippen LogP contribution in [0.5, 0.6) is 5.75 Å². The SMILES string of the molecule is CC(CO)COc1cccc2c1C[C@@](NC(=O)OC(C)(C)C)(C(=O)O)CC2. The van der Waals surface area contributed by atoms with Crippen LogP contribution in [-0.2, 0) is 22.4 Å². The predicted molar refractivity (Wildman–Crippen MR) is 99.9 cm³/mol. The number of aliphatic hydroxyl groups is 1. The Morgan fingerprint density at radius 2 is 2.04 bits per heavy atom. The fourth-order valence-corrected chi connectivity index (χ4v) is 3.05. The molecule has 1 aromatic rings. The number of carbonyl (C=O) groups excluding carboxylic acids is 1. The molecule has 2 rings (SSSR count). The van der Waals surface area contributed by atoms with Crippen molar-refractivity contribution in [3.05, 3.63) is 29.3 Å². The number of carboxylic acids is 1. The third-order valence-corrected chi connectivity index (χ3v) is 4.51. The summed E-state index contributed by atoms with van der Waals surface area (Å²) in [5.41, 5.74) is -0.387. The first kappa shape index (κ1) is 21.0. The number of hydrogen-bond donors (Lipinski definition) is 3. The van der Waals surface area contributed by atoms with E-state index >= 15 is 0 Å². The molecule has 3 N–H and O–H groups in total. The second kappa shape index (κ2) is 8.17. The molecule has 0 radical (unpaired) electrons. The molecule has 150 valence electrons. The van der Waals surface area contributed by atoms with E-state index in [0.29, 0.717) is 18.8 Å². The monoisotopic (exact) mass is 379 g/mol. The molecule has 0 heterocycles. The fourth-order valence-electron chi connectivity index (χ4n) is 3.05. The predicted octanol–water partition coefficient (Wildman–Crippen LogP) is 2.53. The van der Waals surface area contributed by atoms with Crippen molar-refractivity contribution in [2.75, 3.05) is 13.2 Å². The largest absolute Gasteiger partial charge is 0.493 e. The van der Waals surface area contributed by atoms with Crippen molar-refractivity contribution in [1.82, 2.24) is 5.32 Å². The molecule has 7 heteroatoms. The second-order valence-corrected chi connectivity index (χ2v) is 8.18. The van der Waals surface area contributed by atoms with E-state index in [-0.39, 0.29) is 25.4 Å². The van der Waals surface area contributed by atoms with E-state index < -0.39 is 23.2 Å². The summed E-state index contributed by atoms with van der Waals surface area (Å²) in [4.78, 5) is 24.3. The van der Waals surface area contributed by atoms with Gasteiger partial charge in [0.15, 0.2) is 0 Å². The highest BCUT2D eigenvalue weighted by Crippen LogP contribution is 2.35. The molecule has 0 bridgehead atoms. The zero-order valence-electron chi connectivity index (χ0n) is 16.4. The Labute approximate surface area is 159 Å². The number of rotatable bonds is 6. The van der Waals surface area contributed by atoms with E-state index in [1.54, 1.807) is 26.8 Å².